The van der Waals surface area contributed by atoms with Crippen LogP contribution in [0.3, 0.4) is 0 Å². The molecule has 0 atom stereocenters. The minimum atomic E-state index is -0.517. The fourth-order valence-corrected chi connectivity index (χ4v) is 3.99. The molecule has 0 saturated carbocycles. The van der Waals surface area contributed by atoms with Crippen LogP contribution in [0.2, 0.25) is 0 Å². The van der Waals surface area contributed by atoms with Crippen molar-refractivity contribution in [3.05, 3.63) is 89.6 Å². The van der Waals surface area contributed by atoms with Gasteiger partial charge in [0.25, 0.3) is 5.91 Å². The van der Waals surface area contributed by atoms with E-state index >= 15 is 0 Å². The molecular weight excluding hydrogens is 378 g/mol. The molecular formula is C24H23N3O3. The number of carbonyl (C=O) groups is 1. The summed E-state index contributed by atoms with van der Waals surface area (Å²) >= 11 is 0. The summed E-state index contributed by atoms with van der Waals surface area (Å²) in [6, 6.07) is 15.9. The summed E-state index contributed by atoms with van der Waals surface area (Å²) in [6.07, 6.45) is 5.83. The van der Waals surface area contributed by atoms with Crippen molar-refractivity contribution < 1.29 is 14.3 Å². The van der Waals surface area contributed by atoms with Crippen molar-refractivity contribution >= 4 is 17.8 Å². The molecule has 0 aliphatic heterocycles. The molecule has 0 bridgehead atoms. The van der Waals surface area contributed by atoms with Gasteiger partial charge in [-0.1, -0.05) is 43.0 Å². The van der Waals surface area contributed by atoms with Crippen molar-refractivity contribution in [2.45, 2.75) is 11.8 Å². The Balaban J connectivity index is 1.91. The molecule has 1 aliphatic carbocycles. The van der Waals surface area contributed by atoms with Crippen LogP contribution >= 0.6 is 0 Å². The molecule has 4 rings (SSSR count). The second-order valence-electron chi connectivity index (χ2n) is 7.14. The van der Waals surface area contributed by atoms with Gasteiger partial charge >= 0.3 is 0 Å². The molecule has 0 amide bonds. The van der Waals surface area contributed by atoms with Gasteiger partial charge in [0, 0.05) is 17.4 Å². The van der Waals surface area contributed by atoms with Crippen LogP contribution in [0.5, 0.6) is 11.5 Å². The minimum absolute atomic E-state index is 0.309. The number of hydrogen-bond acceptors (Lipinski definition) is 5. The molecule has 0 unspecified atom stereocenters. The number of methoxy groups -OCH3 is 2. The summed E-state index contributed by atoms with van der Waals surface area (Å²) in [5, 5.41) is 4.25. The lowest BCUT2D eigenvalue weighted by Gasteiger charge is -2.35. The van der Waals surface area contributed by atoms with Crippen LogP contribution in [-0.4, -0.2) is 29.9 Å². The first-order chi connectivity index (χ1) is 14.5. The number of fused-ring (bicyclic) bond motifs is 1. The number of nitrogen functional groups attached to an aromatic ring is 1. The fourth-order valence-electron chi connectivity index (χ4n) is 3.99. The van der Waals surface area contributed by atoms with E-state index < -0.39 is 5.41 Å². The molecule has 152 valence electrons. The molecule has 0 saturated heterocycles. The normalized spacial score (nSPS) is 14.1. The van der Waals surface area contributed by atoms with Gasteiger partial charge in [0.2, 0.25) is 0 Å². The van der Waals surface area contributed by atoms with Crippen molar-refractivity contribution in [1.82, 2.24) is 9.78 Å². The highest BCUT2D eigenvalue weighted by atomic mass is 16.5. The standard InChI is InChI=1S/C24H23N3O3/c1-4-22(28)27-21-15-24(14-13-20(21)23(25)26-27,16-5-9-18(29-2)10-6-16)17-7-11-19(30-3)12-8-17/h4-14H,1,15H2,2-3H3,(H2,25,26). The van der Waals surface area contributed by atoms with Gasteiger partial charge in [0.15, 0.2) is 5.82 Å². The van der Waals surface area contributed by atoms with Crippen LogP contribution < -0.4 is 15.2 Å². The summed E-state index contributed by atoms with van der Waals surface area (Å²) in [7, 11) is 3.28. The zero-order chi connectivity index (χ0) is 21.3. The van der Waals surface area contributed by atoms with E-state index in [1.165, 1.54) is 10.8 Å². The Bertz CT molecular complexity index is 1080. The van der Waals surface area contributed by atoms with Gasteiger partial charge in [-0.15, -0.1) is 5.10 Å². The molecule has 30 heavy (non-hydrogen) atoms. The Morgan fingerprint density at radius 3 is 2.07 bits per heavy atom. The average molecular weight is 401 g/mol. The number of nitrogens with two attached hydrogens (primary N) is 1. The largest absolute Gasteiger partial charge is 0.497 e. The maximum absolute atomic E-state index is 12.4. The van der Waals surface area contributed by atoms with E-state index in [0.717, 1.165) is 33.9 Å². The number of ether oxygens (including phenoxy) is 2. The van der Waals surface area contributed by atoms with Crippen molar-refractivity contribution in [2.75, 3.05) is 20.0 Å². The maximum atomic E-state index is 12.4. The minimum Gasteiger partial charge on any atom is -0.497 e. The molecule has 1 aliphatic rings. The fraction of sp³-hybridized carbons (Fsp3) is 0.167. The molecule has 2 aromatic carbocycles. The topological polar surface area (TPSA) is 79.4 Å². The van der Waals surface area contributed by atoms with E-state index in [9.17, 15) is 4.79 Å². The van der Waals surface area contributed by atoms with Gasteiger partial charge in [-0.3, -0.25) is 4.79 Å². The maximum Gasteiger partial charge on any atom is 0.270 e. The Hall–Kier alpha value is -3.80. The first kappa shape index (κ1) is 19.5. The van der Waals surface area contributed by atoms with Crippen molar-refractivity contribution in [2.24, 2.45) is 0 Å². The third-order valence-electron chi connectivity index (χ3n) is 5.62. The second-order valence-corrected chi connectivity index (χ2v) is 7.14. The second kappa shape index (κ2) is 7.55. The molecule has 6 nitrogen and oxygen atoms in total. The number of carbonyl (C=O) groups excluding carboxylic acids is 1. The zero-order valence-electron chi connectivity index (χ0n) is 17.0. The molecule has 1 heterocycles. The summed E-state index contributed by atoms with van der Waals surface area (Å²) in [6.45, 7) is 3.59. The highest BCUT2D eigenvalue weighted by Crippen LogP contribution is 2.43. The van der Waals surface area contributed by atoms with Gasteiger partial charge in [-0.05, 0) is 41.5 Å². The van der Waals surface area contributed by atoms with Crippen LogP contribution in [0.15, 0.2) is 67.3 Å². The van der Waals surface area contributed by atoms with Gasteiger partial charge in [-0.2, -0.15) is 4.68 Å². The van der Waals surface area contributed by atoms with Gasteiger partial charge in [0.1, 0.15) is 11.5 Å². The smallest absolute Gasteiger partial charge is 0.270 e. The number of rotatable bonds is 5. The van der Waals surface area contributed by atoms with Crippen molar-refractivity contribution in [1.29, 1.82) is 0 Å². The highest BCUT2D eigenvalue weighted by molar-refractivity contribution is 5.90. The summed E-state index contributed by atoms with van der Waals surface area (Å²) in [5.41, 5.74) is 9.22. The lowest BCUT2D eigenvalue weighted by atomic mass is 9.68. The number of nitrogens with zero attached hydrogens (tertiary/aromatic N) is 2. The van der Waals surface area contributed by atoms with E-state index in [1.54, 1.807) is 14.2 Å². The number of anilines is 1. The summed E-state index contributed by atoms with van der Waals surface area (Å²) < 4.78 is 12.0. The van der Waals surface area contributed by atoms with Gasteiger partial charge < -0.3 is 15.2 Å². The number of benzene rings is 2. The molecule has 0 radical (unpaired) electrons. The SMILES string of the molecule is C=CC(=O)n1nc(N)c2c1CC(c1ccc(OC)cc1)(c1ccc(OC)cc1)C=C2. The number of allylic oxidation sites excluding steroid dienone is 2. The van der Waals surface area contributed by atoms with E-state index in [2.05, 4.69) is 17.8 Å². The number of hydrogen-bond donors (Lipinski definition) is 1. The van der Waals surface area contributed by atoms with Crippen LogP contribution in [-0.2, 0) is 11.8 Å². The summed E-state index contributed by atoms with van der Waals surface area (Å²) in [4.78, 5) is 12.4. The average Bonchev–Trinajstić information content (AvgIpc) is 3.14. The van der Waals surface area contributed by atoms with Crippen LogP contribution in [0, 0.1) is 0 Å². The predicted octanol–water partition coefficient (Wildman–Crippen LogP) is 3.86. The number of aromatic nitrogens is 2. The zero-order valence-corrected chi connectivity index (χ0v) is 17.0. The first-order valence-electron chi connectivity index (χ1n) is 9.55. The van der Waals surface area contributed by atoms with E-state index in [1.807, 2.05) is 54.6 Å². The monoisotopic (exact) mass is 401 g/mol. The molecule has 0 spiro atoms. The molecule has 0 fully saturated rings. The van der Waals surface area contributed by atoms with Crippen molar-refractivity contribution in [3.8, 4) is 11.5 Å². The van der Waals surface area contributed by atoms with Crippen LogP contribution in [0.25, 0.3) is 6.08 Å². The summed E-state index contributed by atoms with van der Waals surface area (Å²) in [5.74, 6) is 1.58. The Morgan fingerprint density at radius 1 is 1.07 bits per heavy atom. The van der Waals surface area contributed by atoms with Gasteiger partial charge in [0.05, 0.1) is 19.9 Å². The van der Waals surface area contributed by atoms with Crippen LogP contribution in [0.1, 0.15) is 27.2 Å². The molecule has 1 aromatic heterocycles. The third-order valence-corrected chi connectivity index (χ3v) is 5.62. The van der Waals surface area contributed by atoms with Crippen LogP contribution in [0.4, 0.5) is 5.82 Å². The van der Waals surface area contributed by atoms with E-state index in [0.29, 0.717) is 12.2 Å². The third kappa shape index (κ3) is 3.06. The highest BCUT2D eigenvalue weighted by Gasteiger charge is 2.38. The molecule has 3 aromatic rings. The van der Waals surface area contributed by atoms with Crippen molar-refractivity contribution in [3.63, 3.8) is 0 Å². The van der Waals surface area contributed by atoms with E-state index in [4.69, 9.17) is 15.2 Å². The quantitative estimate of drug-likeness (QED) is 0.657. The Morgan fingerprint density at radius 2 is 1.60 bits per heavy atom. The predicted molar refractivity (Wildman–Crippen MR) is 117 cm³/mol. The lowest BCUT2D eigenvalue weighted by molar-refractivity contribution is 0.0950. The Labute approximate surface area is 175 Å². The molecule has 6 heteroatoms. The molecule has 2 N–H and O–H groups in total. The Kier molecular flexibility index (Phi) is 4.91. The lowest BCUT2D eigenvalue weighted by Crippen LogP contribution is -2.32. The van der Waals surface area contributed by atoms with E-state index in [-0.39, 0.29) is 5.91 Å². The first-order valence-corrected chi connectivity index (χ1v) is 9.55. The van der Waals surface area contributed by atoms with Gasteiger partial charge in [-0.25, -0.2) is 0 Å².